The first-order valence-corrected chi connectivity index (χ1v) is 10.4. The van der Waals surface area contributed by atoms with Gasteiger partial charge in [-0.2, -0.15) is 0 Å². The molecule has 148 valence electrons. The summed E-state index contributed by atoms with van der Waals surface area (Å²) in [5, 5.41) is 3.44. The fourth-order valence-corrected chi connectivity index (χ4v) is 3.89. The molecule has 7 heteroatoms. The zero-order valence-corrected chi connectivity index (χ0v) is 17.4. The number of rotatable bonds is 6. The number of aromatic nitrogens is 4. The summed E-state index contributed by atoms with van der Waals surface area (Å²) < 4.78 is 7.52. The highest BCUT2D eigenvalue weighted by molar-refractivity contribution is 7.99. The summed E-state index contributed by atoms with van der Waals surface area (Å²) in [6, 6.07) is 15.7. The molecular formula is C22H22N4O2S. The van der Waals surface area contributed by atoms with Gasteiger partial charge in [-0.1, -0.05) is 47.7 Å². The van der Waals surface area contributed by atoms with Crippen LogP contribution in [0.2, 0.25) is 0 Å². The minimum atomic E-state index is -0.200. The molecule has 0 spiro atoms. The quantitative estimate of drug-likeness (QED) is 0.384. The van der Waals surface area contributed by atoms with Crippen molar-refractivity contribution < 1.29 is 4.74 Å². The van der Waals surface area contributed by atoms with E-state index in [0.717, 1.165) is 11.3 Å². The number of H-pyrrole nitrogens is 1. The lowest BCUT2D eigenvalue weighted by Crippen LogP contribution is -2.07. The summed E-state index contributed by atoms with van der Waals surface area (Å²) >= 11 is 1.52. The zero-order valence-electron chi connectivity index (χ0n) is 16.6. The molecule has 29 heavy (non-hydrogen) atoms. The van der Waals surface area contributed by atoms with Crippen molar-refractivity contribution in [2.45, 2.75) is 25.9 Å². The second kappa shape index (κ2) is 8.13. The normalized spacial score (nSPS) is 11.1. The topological polar surface area (TPSA) is 72.3 Å². The number of nitrogens with one attached hydrogen (secondary N) is 1. The highest BCUT2D eigenvalue weighted by Crippen LogP contribution is 2.22. The van der Waals surface area contributed by atoms with Gasteiger partial charge in [0.15, 0.2) is 16.6 Å². The summed E-state index contributed by atoms with van der Waals surface area (Å²) in [6.07, 6.45) is 0. The molecule has 0 bridgehead atoms. The molecule has 2 aromatic carbocycles. The van der Waals surface area contributed by atoms with Gasteiger partial charge in [0.25, 0.3) is 5.56 Å². The molecule has 0 fully saturated rings. The molecule has 0 aliphatic carbocycles. The smallest absolute Gasteiger partial charge is 0.266 e. The molecule has 0 amide bonds. The number of aromatic amines is 1. The number of ether oxygens (including phenoxy) is 1. The highest BCUT2D eigenvalue weighted by atomic mass is 32.2. The third-order valence-corrected chi connectivity index (χ3v) is 5.32. The average Bonchev–Trinajstić information content (AvgIpc) is 3.05. The maximum atomic E-state index is 11.8. The van der Waals surface area contributed by atoms with Crippen molar-refractivity contribution in [1.29, 1.82) is 0 Å². The summed E-state index contributed by atoms with van der Waals surface area (Å²) in [4.78, 5) is 21.0. The van der Waals surface area contributed by atoms with Gasteiger partial charge in [0.2, 0.25) is 0 Å². The van der Waals surface area contributed by atoms with Crippen molar-refractivity contribution in [3.05, 3.63) is 75.6 Å². The molecule has 4 aromatic rings. The number of hydrogen-bond acceptors (Lipinski definition) is 5. The molecule has 4 rings (SSSR count). The molecule has 0 radical (unpaired) electrons. The van der Waals surface area contributed by atoms with Crippen LogP contribution in [0, 0.1) is 20.8 Å². The Morgan fingerprint density at radius 2 is 1.69 bits per heavy atom. The minimum absolute atomic E-state index is 0.200. The van der Waals surface area contributed by atoms with Gasteiger partial charge >= 0.3 is 0 Å². The van der Waals surface area contributed by atoms with Crippen LogP contribution in [0.1, 0.15) is 16.7 Å². The molecule has 0 aliphatic rings. The summed E-state index contributed by atoms with van der Waals surface area (Å²) in [6.45, 7) is 6.68. The van der Waals surface area contributed by atoms with Crippen molar-refractivity contribution in [3.8, 4) is 17.1 Å². The maximum Gasteiger partial charge on any atom is 0.266 e. The largest absolute Gasteiger partial charge is 0.493 e. The highest BCUT2D eigenvalue weighted by Gasteiger charge is 2.11. The van der Waals surface area contributed by atoms with E-state index in [1.165, 1.54) is 34.5 Å². The number of hydrogen-bond donors (Lipinski definition) is 1. The van der Waals surface area contributed by atoms with Gasteiger partial charge in [-0.05, 0) is 44.0 Å². The van der Waals surface area contributed by atoms with E-state index < -0.39 is 0 Å². The SMILES string of the molecule is Cc1ccc(-c2nc(SCCOc3cc(C)cc(C)c3)n3[nH]c(=O)cc3n2)cc1. The Morgan fingerprint density at radius 3 is 2.41 bits per heavy atom. The molecule has 6 nitrogen and oxygen atoms in total. The third kappa shape index (κ3) is 4.51. The first-order valence-electron chi connectivity index (χ1n) is 9.39. The van der Waals surface area contributed by atoms with Gasteiger partial charge in [0, 0.05) is 17.4 Å². The van der Waals surface area contributed by atoms with Crippen LogP contribution in [0.5, 0.6) is 5.75 Å². The van der Waals surface area contributed by atoms with Crippen molar-refractivity contribution in [2.24, 2.45) is 0 Å². The van der Waals surface area contributed by atoms with Crippen LogP contribution >= 0.6 is 11.8 Å². The second-order valence-corrected chi connectivity index (χ2v) is 8.09. The van der Waals surface area contributed by atoms with Crippen molar-refractivity contribution in [2.75, 3.05) is 12.4 Å². The second-order valence-electron chi connectivity index (χ2n) is 7.03. The lowest BCUT2D eigenvalue weighted by molar-refractivity contribution is 0.343. The fourth-order valence-electron chi connectivity index (χ4n) is 3.12. The first kappa shape index (κ1) is 19.3. The van der Waals surface area contributed by atoms with Gasteiger partial charge in [0.05, 0.1) is 6.61 Å². The first-order chi connectivity index (χ1) is 14.0. The number of thioether (sulfide) groups is 1. The molecule has 2 heterocycles. The van der Waals surface area contributed by atoms with Crippen molar-refractivity contribution in [1.82, 2.24) is 19.6 Å². The van der Waals surface area contributed by atoms with Crippen molar-refractivity contribution >= 4 is 17.4 Å². The molecule has 0 unspecified atom stereocenters. The zero-order chi connectivity index (χ0) is 20.4. The van der Waals surface area contributed by atoms with Gasteiger partial charge in [0.1, 0.15) is 5.75 Å². The molecule has 2 aromatic heterocycles. The van der Waals surface area contributed by atoms with Crippen LogP contribution in [0.4, 0.5) is 0 Å². The summed E-state index contributed by atoms with van der Waals surface area (Å²) in [7, 11) is 0. The standard InChI is InChI=1S/C22H22N4O2S/c1-14-4-6-17(7-5-14)21-23-19-13-20(27)25-26(19)22(24-21)29-9-8-28-18-11-15(2)10-16(3)12-18/h4-7,10-13H,8-9H2,1-3H3,(H,25,27). The summed E-state index contributed by atoms with van der Waals surface area (Å²) in [5.41, 5.74) is 4.80. The average molecular weight is 407 g/mol. The van der Waals surface area contributed by atoms with Crippen LogP contribution in [-0.4, -0.2) is 31.9 Å². The van der Waals surface area contributed by atoms with Crippen LogP contribution in [0.25, 0.3) is 17.0 Å². The predicted molar refractivity (Wildman–Crippen MR) is 116 cm³/mol. The van der Waals surface area contributed by atoms with Crippen LogP contribution in [0.3, 0.4) is 0 Å². The van der Waals surface area contributed by atoms with E-state index in [1.54, 1.807) is 4.52 Å². The van der Waals surface area contributed by atoms with E-state index in [1.807, 2.05) is 43.3 Å². The van der Waals surface area contributed by atoms with E-state index >= 15 is 0 Å². The number of aryl methyl sites for hydroxylation is 3. The van der Waals surface area contributed by atoms with Gasteiger partial charge < -0.3 is 4.74 Å². The molecule has 0 atom stereocenters. The Hall–Kier alpha value is -3.06. The van der Waals surface area contributed by atoms with Crippen LogP contribution in [-0.2, 0) is 0 Å². The molecule has 0 saturated carbocycles. The Labute approximate surface area is 173 Å². The van der Waals surface area contributed by atoms with Gasteiger partial charge in [-0.25, -0.2) is 14.5 Å². The summed E-state index contributed by atoms with van der Waals surface area (Å²) in [5.74, 6) is 2.15. The van der Waals surface area contributed by atoms with E-state index in [9.17, 15) is 4.79 Å². The Balaban J connectivity index is 1.54. The predicted octanol–water partition coefficient (Wildman–Crippen LogP) is 4.18. The number of nitrogens with zero attached hydrogens (tertiary/aromatic N) is 3. The lowest BCUT2D eigenvalue weighted by atomic mass is 10.1. The number of fused-ring (bicyclic) bond motifs is 1. The van der Waals surface area contributed by atoms with E-state index in [4.69, 9.17) is 4.74 Å². The molecule has 0 aliphatic heterocycles. The maximum absolute atomic E-state index is 11.8. The van der Waals surface area contributed by atoms with Crippen molar-refractivity contribution in [3.63, 3.8) is 0 Å². The number of benzene rings is 2. The lowest BCUT2D eigenvalue weighted by Gasteiger charge is -2.09. The Morgan fingerprint density at radius 1 is 0.966 bits per heavy atom. The van der Waals surface area contributed by atoms with Crippen LogP contribution in [0.15, 0.2) is 58.5 Å². The molecule has 1 N–H and O–H groups in total. The van der Waals surface area contributed by atoms with Crippen LogP contribution < -0.4 is 10.3 Å². The van der Waals surface area contributed by atoms with Gasteiger partial charge in [-0.15, -0.1) is 0 Å². The van der Waals surface area contributed by atoms with E-state index in [-0.39, 0.29) is 5.56 Å². The Bertz CT molecular complexity index is 1190. The molecular weight excluding hydrogens is 384 g/mol. The van der Waals surface area contributed by atoms with Gasteiger partial charge in [-0.3, -0.25) is 9.89 Å². The minimum Gasteiger partial charge on any atom is -0.493 e. The van der Waals surface area contributed by atoms with E-state index in [0.29, 0.717) is 29.0 Å². The third-order valence-electron chi connectivity index (χ3n) is 4.41. The van der Waals surface area contributed by atoms with E-state index in [2.05, 4.69) is 35.0 Å². The Kier molecular flexibility index (Phi) is 5.40. The monoisotopic (exact) mass is 406 g/mol. The fraction of sp³-hybridized carbons (Fsp3) is 0.227. The molecule has 0 saturated heterocycles.